The molecular weight excluding hydrogens is 366 g/mol. The van der Waals surface area contributed by atoms with E-state index in [9.17, 15) is 9.59 Å². The van der Waals surface area contributed by atoms with Gasteiger partial charge in [-0.15, -0.1) is 12.4 Å². The highest BCUT2D eigenvalue weighted by molar-refractivity contribution is 5.85. The number of carbonyl (C=O) groups excluding carboxylic acids is 2. The molecule has 0 fully saturated rings. The molecule has 6 nitrogen and oxygen atoms in total. The summed E-state index contributed by atoms with van der Waals surface area (Å²) in [6, 6.07) is 16.5. The first-order valence-electron chi connectivity index (χ1n) is 8.45. The highest BCUT2D eigenvalue weighted by Crippen LogP contribution is 2.15. The Morgan fingerprint density at radius 2 is 1.81 bits per heavy atom. The molecule has 0 heterocycles. The summed E-state index contributed by atoms with van der Waals surface area (Å²) < 4.78 is 5.48. The molecule has 2 amide bonds. The van der Waals surface area contributed by atoms with E-state index in [4.69, 9.17) is 10.5 Å². The van der Waals surface area contributed by atoms with Gasteiger partial charge in [0.1, 0.15) is 5.75 Å². The molecule has 0 saturated heterocycles. The number of benzene rings is 2. The van der Waals surface area contributed by atoms with Crippen molar-refractivity contribution in [3.8, 4) is 5.75 Å². The monoisotopic (exact) mass is 391 g/mol. The largest absolute Gasteiger partial charge is 0.484 e. The first kappa shape index (κ1) is 22.5. The van der Waals surface area contributed by atoms with E-state index >= 15 is 0 Å². The van der Waals surface area contributed by atoms with E-state index < -0.39 is 0 Å². The lowest BCUT2D eigenvalue weighted by atomic mass is 10.0. The third kappa shape index (κ3) is 7.68. The third-order valence-electron chi connectivity index (χ3n) is 3.88. The smallest absolute Gasteiger partial charge is 0.259 e. The summed E-state index contributed by atoms with van der Waals surface area (Å²) in [5.74, 6) is 0.363. The minimum atomic E-state index is -0.331. The first-order chi connectivity index (χ1) is 12.5. The zero-order valence-corrected chi connectivity index (χ0v) is 16.4. The molecule has 2 rings (SSSR count). The molecule has 7 heteroatoms. The van der Waals surface area contributed by atoms with Crippen LogP contribution in [0.5, 0.6) is 5.75 Å². The van der Waals surface area contributed by atoms with E-state index in [1.807, 2.05) is 42.5 Å². The van der Waals surface area contributed by atoms with Gasteiger partial charge in [-0.3, -0.25) is 9.59 Å². The van der Waals surface area contributed by atoms with Crippen LogP contribution in [0.4, 0.5) is 0 Å². The molecule has 27 heavy (non-hydrogen) atoms. The van der Waals surface area contributed by atoms with Gasteiger partial charge in [0.25, 0.3) is 5.91 Å². The van der Waals surface area contributed by atoms with Crippen LogP contribution in [0.2, 0.25) is 0 Å². The summed E-state index contributed by atoms with van der Waals surface area (Å²) >= 11 is 0. The fourth-order valence-electron chi connectivity index (χ4n) is 2.31. The molecule has 0 spiro atoms. The second-order valence-corrected chi connectivity index (χ2v) is 6.22. The highest BCUT2D eigenvalue weighted by atomic mass is 35.5. The van der Waals surface area contributed by atoms with Crippen molar-refractivity contribution >= 4 is 24.2 Å². The lowest BCUT2D eigenvalue weighted by Gasteiger charge is -2.13. The maximum atomic E-state index is 12.1. The van der Waals surface area contributed by atoms with Gasteiger partial charge >= 0.3 is 0 Å². The van der Waals surface area contributed by atoms with Crippen LogP contribution in [-0.4, -0.2) is 37.4 Å². The number of hydrogen-bond donors (Lipinski definition) is 2. The van der Waals surface area contributed by atoms with E-state index in [1.54, 1.807) is 26.2 Å². The van der Waals surface area contributed by atoms with Gasteiger partial charge in [-0.25, -0.2) is 0 Å². The van der Waals surface area contributed by atoms with E-state index in [2.05, 4.69) is 5.32 Å². The van der Waals surface area contributed by atoms with Crippen molar-refractivity contribution in [2.24, 2.45) is 5.73 Å². The quantitative estimate of drug-likeness (QED) is 0.723. The number of hydrogen-bond acceptors (Lipinski definition) is 4. The fourth-order valence-corrected chi connectivity index (χ4v) is 2.31. The number of carbonyl (C=O) groups is 2. The van der Waals surface area contributed by atoms with Gasteiger partial charge in [0.15, 0.2) is 6.61 Å². The van der Waals surface area contributed by atoms with Crippen LogP contribution in [0, 0.1) is 0 Å². The van der Waals surface area contributed by atoms with Crippen LogP contribution in [0.15, 0.2) is 54.6 Å². The summed E-state index contributed by atoms with van der Waals surface area (Å²) in [5.41, 5.74) is 7.89. The summed E-state index contributed by atoms with van der Waals surface area (Å²) in [6.45, 7) is 0.355. The second-order valence-electron chi connectivity index (χ2n) is 6.22. The van der Waals surface area contributed by atoms with Crippen LogP contribution in [0.25, 0.3) is 0 Å². The molecular formula is C20H26ClN3O3. The maximum absolute atomic E-state index is 12.1. The number of halogens is 1. The summed E-state index contributed by atoms with van der Waals surface area (Å²) in [6.07, 6.45) is 0.220. The molecule has 0 aliphatic heterocycles. The molecule has 0 bridgehead atoms. The Balaban J connectivity index is 0.00000364. The van der Waals surface area contributed by atoms with Crippen LogP contribution in [0.1, 0.15) is 23.6 Å². The van der Waals surface area contributed by atoms with Gasteiger partial charge in [0.2, 0.25) is 5.91 Å². The van der Waals surface area contributed by atoms with Gasteiger partial charge in [0, 0.05) is 33.1 Å². The van der Waals surface area contributed by atoms with Crippen molar-refractivity contribution in [1.82, 2.24) is 10.2 Å². The number of nitrogens with two attached hydrogens (primary N) is 1. The Hall–Kier alpha value is -2.57. The minimum Gasteiger partial charge on any atom is -0.484 e. The van der Waals surface area contributed by atoms with E-state index in [1.165, 1.54) is 4.90 Å². The molecule has 0 aliphatic carbocycles. The molecule has 0 radical (unpaired) electrons. The summed E-state index contributed by atoms with van der Waals surface area (Å²) in [4.78, 5) is 25.1. The van der Waals surface area contributed by atoms with Crippen LogP contribution >= 0.6 is 12.4 Å². The van der Waals surface area contributed by atoms with Crippen LogP contribution in [-0.2, 0) is 16.1 Å². The molecule has 1 atom stereocenters. The minimum absolute atomic E-state index is 0. The zero-order chi connectivity index (χ0) is 18.9. The molecule has 2 aromatic carbocycles. The predicted octanol–water partition coefficient (Wildman–Crippen LogP) is 2.28. The van der Waals surface area contributed by atoms with Crippen molar-refractivity contribution in [3.63, 3.8) is 0 Å². The molecule has 0 saturated carbocycles. The van der Waals surface area contributed by atoms with Gasteiger partial charge < -0.3 is 20.7 Å². The van der Waals surface area contributed by atoms with Crippen molar-refractivity contribution in [1.29, 1.82) is 0 Å². The Labute approximate surface area is 166 Å². The maximum Gasteiger partial charge on any atom is 0.259 e. The Bertz CT molecular complexity index is 738. The molecule has 3 N–H and O–H groups in total. The van der Waals surface area contributed by atoms with Crippen molar-refractivity contribution in [3.05, 3.63) is 65.7 Å². The summed E-state index contributed by atoms with van der Waals surface area (Å²) in [5, 5.41) is 2.86. The lowest BCUT2D eigenvalue weighted by Crippen LogP contribution is -2.28. The van der Waals surface area contributed by atoms with Gasteiger partial charge in [-0.1, -0.05) is 42.5 Å². The van der Waals surface area contributed by atoms with Crippen molar-refractivity contribution in [2.75, 3.05) is 20.7 Å². The average Bonchev–Trinajstić information content (AvgIpc) is 2.65. The predicted molar refractivity (Wildman–Crippen MR) is 108 cm³/mol. The fraction of sp³-hybridized carbons (Fsp3) is 0.300. The number of nitrogens with one attached hydrogen (secondary N) is 1. The van der Waals surface area contributed by atoms with Crippen molar-refractivity contribution in [2.45, 2.75) is 19.0 Å². The van der Waals surface area contributed by atoms with Crippen molar-refractivity contribution < 1.29 is 14.3 Å². The van der Waals surface area contributed by atoms with Crippen LogP contribution < -0.4 is 15.8 Å². The molecule has 146 valence electrons. The zero-order valence-electron chi connectivity index (χ0n) is 15.6. The number of rotatable bonds is 8. The Morgan fingerprint density at radius 3 is 2.48 bits per heavy atom. The first-order valence-corrected chi connectivity index (χ1v) is 8.45. The van der Waals surface area contributed by atoms with E-state index in [0.29, 0.717) is 12.3 Å². The normalized spacial score (nSPS) is 11.1. The topological polar surface area (TPSA) is 84.7 Å². The molecule has 1 unspecified atom stereocenters. The lowest BCUT2D eigenvalue weighted by molar-refractivity contribution is -0.130. The second kappa shape index (κ2) is 11.2. The molecule has 0 aromatic heterocycles. The Morgan fingerprint density at radius 1 is 1.11 bits per heavy atom. The standard InChI is InChI=1S/C20H25N3O3.ClH/c1-23(2)20(25)14-26-17-10-6-7-15(11-17)13-22-19(24)12-18(21)16-8-4-3-5-9-16;/h3-11,18H,12-14,21H2,1-2H3,(H,22,24);1H. The van der Waals surface area contributed by atoms with E-state index in [0.717, 1.165) is 11.1 Å². The Kier molecular flexibility index (Phi) is 9.33. The number of likely N-dealkylation sites (N-methyl/N-ethyl adjacent to an activating group) is 1. The molecule has 0 aliphatic rings. The molecule has 2 aromatic rings. The number of amides is 2. The number of nitrogens with zero attached hydrogens (tertiary/aromatic N) is 1. The average molecular weight is 392 g/mol. The van der Waals surface area contributed by atoms with Gasteiger partial charge in [-0.2, -0.15) is 0 Å². The van der Waals surface area contributed by atoms with Gasteiger partial charge in [0.05, 0.1) is 0 Å². The van der Waals surface area contributed by atoms with Gasteiger partial charge in [-0.05, 0) is 23.3 Å². The SMILES string of the molecule is CN(C)C(=O)COc1cccc(CNC(=O)CC(N)c2ccccc2)c1.Cl. The highest BCUT2D eigenvalue weighted by Gasteiger charge is 2.11. The number of ether oxygens (including phenoxy) is 1. The van der Waals surface area contributed by atoms with Crippen LogP contribution in [0.3, 0.4) is 0 Å². The third-order valence-corrected chi connectivity index (χ3v) is 3.88. The summed E-state index contributed by atoms with van der Waals surface area (Å²) in [7, 11) is 3.36. The van der Waals surface area contributed by atoms with E-state index in [-0.39, 0.29) is 43.3 Å².